The minimum absolute atomic E-state index is 0.397. The van der Waals surface area contributed by atoms with Crippen LogP contribution in [0.5, 0.6) is 5.75 Å². The van der Waals surface area contributed by atoms with E-state index in [9.17, 15) is 4.79 Å². The summed E-state index contributed by atoms with van der Waals surface area (Å²) in [6.07, 6.45) is 1.59. The lowest BCUT2D eigenvalue weighted by Crippen LogP contribution is -2.01. The molecule has 2 aromatic rings. The lowest BCUT2D eigenvalue weighted by molar-refractivity contribution is 0.0597. The number of carbonyl (C=O) groups is 1. The molecule has 0 saturated carbocycles. The fraction of sp³-hybridized carbons (Fsp3) is 0.154. The number of rotatable bonds is 3. The topological polar surface area (TPSA) is 51.3 Å². The molecule has 0 fully saturated rings. The summed E-state index contributed by atoms with van der Waals surface area (Å²) in [5.74, 6) is 0.0864. The van der Waals surface area contributed by atoms with Crippen LogP contribution in [0.1, 0.15) is 10.4 Å². The number of benzene rings is 1. The number of carbonyl (C=O) groups excluding carboxylic acids is 1. The van der Waals surface area contributed by atoms with Crippen LogP contribution in [0.4, 0.5) is 0 Å². The standard InChI is InChI=1S/C13H13NO3/c1-16-12-10(13(15)17-2)8-14-11(12)9-6-4-3-5-7-9/h3-8,14H,1-2H3. The van der Waals surface area contributed by atoms with Crippen molar-refractivity contribution in [3.05, 3.63) is 42.1 Å². The summed E-state index contributed by atoms with van der Waals surface area (Å²) in [4.78, 5) is 14.5. The van der Waals surface area contributed by atoms with Gasteiger partial charge in [0.15, 0.2) is 5.75 Å². The number of methoxy groups -OCH3 is 2. The molecule has 1 heterocycles. The highest BCUT2D eigenvalue weighted by atomic mass is 16.5. The van der Waals surface area contributed by atoms with Crippen molar-refractivity contribution >= 4 is 5.97 Å². The lowest BCUT2D eigenvalue weighted by Gasteiger charge is -2.04. The minimum atomic E-state index is -0.416. The number of H-pyrrole nitrogens is 1. The molecule has 1 N–H and O–H groups in total. The quantitative estimate of drug-likeness (QED) is 0.825. The van der Waals surface area contributed by atoms with E-state index in [4.69, 9.17) is 4.74 Å². The summed E-state index contributed by atoms with van der Waals surface area (Å²) in [6, 6.07) is 9.66. The van der Waals surface area contributed by atoms with Crippen LogP contribution in [0.3, 0.4) is 0 Å². The van der Waals surface area contributed by atoms with Crippen LogP contribution in [-0.2, 0) is 4.74 Å². The second-order valence-electron chi connectivity index (χ2n) is 3.47. The molecule has 0 radical (unpaired) electrons. The number of aromatic amines is 1. The van der Waals surface area contributed by atoms with Crippen molar-refractivity contribution in [2.24, 2.45) is 0 Å². The zero-order valence-corrected chi connectivity index (χ0v) is 9.69. The van der Waals surface area contributed by atoms with E-state index in [0.717, 1.165) is 11.3 Å². The molecule has 17 heavy (non-hydrogen) atoms. The molecule has 1 aromatic heterocycles. The number of esters is 1. The summed E-state index contributed by atoms with van der Waals surface area (Å²) in [7, 11) is 2.87. The Labute approximate surface area is 99.2 Å². The van der Waals surface area contributed by atoms with Gasteiger partial charge in [0.25, 0.3) is 0 Å². The van der Waals surface area contributed by atoms with E-state index in [1.165, 1.54) is 14.2 Å². The fourth-order valence-corrected chi connectivity index (χ4v) is 1.70. The van der Waals surface area contributed by atoms with Crippen LogP contribution < -0.4 is 4.74 Å². The van der Waals surface area contributed by atoms with E-state index in [1.54, 1.807) is 6.20 Å². The van der Waals surface area contributed by atoms with Crippen molar-refractivity contribution in [3.63, 3.8) is 0 Å². The van der Waals surface area contributed by atoms with Gasteiger partial charge in [-0.15, -0.1) is 0 Å². The molecule has 0 amide bonds. The molecule has 4 nitrogen and oxygen atoms in total. The second-order valence-corrected chi connectivity index (χ2v) is 3.47. The van der Waals surface area contributed by atoms with Gasteiger partial charge in [0.05, 0.1) is 19.9 Å². The SMILES string of the molecule is COC(=O)c1c[nH]c(-c2ccccc2)c1OC. The van der Waals surface area contributed by atoms with Gasteiger partial charge in [-0.3, -0.25) is 0 Å². The van der Waals surface area contributed by atoms with Crippen molar-refractivity contribution in [2.75, 3.05) is 14.2 Å². The summed E-state index contributed by atoms with van der Waals surface area (Å²) >= 11 is 0. The van der Waals surface area contributed by atoms with Crippen molar-refractivity contribution in [3.8, 4) is 17.0 Å². The molecular formula is C13H13NO3. The van der Waals surface area contributed by atoms with Gasteiger partial charge in [-0.2, -0.15) is 0 Å². The first-order valence-electron chi connectivity index (χ1n) is 5.17. The third-order valence-electron chi connectivity index (χ3n) is 2.50. The number of aromatic nitrogens is 1. The van der Waals surface area contributed by atoms with Crippen molar-refractivity contribution in [2.45, 2.75) is 0 Å². The highest BCUT2D eigenvalue weighted by Gasteiger charge is 2.19. The first-order valence-corrected chi connectivity index (χ1v) is 5.17. The van der Waals surface area contributed by atoms with E-state index in [0.29, 0.717) is 11.3 Å². The molecular weight excluding hydrogens is 218 g/mol. The highest BCUT2D eigenvalue weighted by molar-refractivity contribution is 5.95. The molecule has 0 atom stereocenters. The Hall–Kier alpha value is -2.23. The molecule has 0 saturated heterocycles. The van der Waals surface area contributed by atoms with Crippen LogP contribution in [0.2, 0.25) is 0 Å². The summed E-state index contributed by atoms with van der Waals surface area (Å²) < 4.78 is 9.95. The number of hydrogen-bond acceptors (Lipinski definition) is 3. The van der Waals surface area contributed by atoms with Crippen LogP contribution >= 0.6 is 0 Å². The van der Waals surface area contributed by atoms with E-state index < -0.39 is 5.97 Å². The predicted molar refractivity (Wildman–Crippen MR) is 64.1 cm³/mol. The van der Waals surface area contributed by atoms with Gasteiger partial charge in [0.2, 0.25) is 0 Å². The average Bonchev–Trinajstić information content (AvgIpc) is 2.82. The van der Waals surface area contributed by atoms with Gasteiger partial charge < -0.3 is 14.5 Å². The van der Waals surface area contributed by atoms with E-state index >= 15 is 0 Å². The molecule has 0 unspecified atom stereocenters. The first-order chi connectivity index (χ1) is 8.27. The molecule has 1 aromatic carbocycles. The summed E-state index contributed by atoms with van der Waals surface area (Å²) in [5.41, 5.74) is 2.13. The zero-order valence-electron chi connectivity index (χ0n) is 9.69. The highest BCUT2D eigenvalue weighted by Crippen LogP contribution is 2.32. The van der Waals surface area contributed by atoms with Gasteiger partial charge in [-0.1, -0.05) is 30.3 Å². The van der Waals surface area contributed by atoms with Gasteiger partial charge in [0, 0.05) is 11.8 Å². The Kier molecular flexibility index (Phi) is 3.14. The molecule has 0 aliphatic rings. The molecule has 2 rings (SSSR count). The van der Waals surface area contributed by atoms with Crippen molar-refractivity contribution < 1.29 is 14.3 Å². The lowest BCUT2D eigenvalue weighted by atomic mass is 10.1. The van der Waals surface area contributed by atoms with E-state index in [2.05, 4.69) is 9.72 Å². The maximum atomic E-state index is 11.5. The second kappa shape index (κ2) is 4.74. The third kappa shape index (κ3) is 2.01. The summed E-state index contributed by atoms with van der Waals surface area (Å²) in [6.45, 7) is 0. The molecule has 0 aliphatic heterocycles. The Morgan fingerprint density at radius 1 is 1.18 bits per heavy atom. The van der Waals surface area contributed by atoms with Crippen LogP contribution in [0.25, 0.3) is 11.3 Å². The average molecular weight is 231 g/mol. The van der Waals surface area contributed by atoms with Gasteiger partial charge >= 0.3 is 5.97 Å². The largest absolute Gasteiger partial charge is 0.494 e. The third-order valence-corrected chi connectivity index (χ3v) is 2.50. The molecule has 4 heteroatoms. The van der Waals surface area contributed by atoms with Gasteiger partial charge in [-0.25, -0.2) is 4.79 Å². The normalized spacial score (nSPS) is 10.0. The Balaban J connectivity index is 2.50. The Bertz CT molecular complexity index is 517. The summed E-state index contributed by atoms with van der Waals surface area (Å²) in [5, 5.41) is 0. The van der Waals surface area contributed by atoms with E-state index in [1.807, 2.05) is 30.3 Å². The Morgan fingerprint density at radius 2 is 1.88 bits per heavy atom. The number of ether oxygens (including phenoxy) is 2. The number of nitrogens with one attached hydrogen (secondary N) is 1. The van der Waals surface area contributed by atoms with Crippen LogP contribution in [0, 0.1) is 0 Å². The molecule has 0 aliphatic carbocycles. The van der Waals surface area contributed by atoms with Gasteiger partial charge in [0.1, 0.15) is 5.56 Å². The minimum Gasteiger partial charge on any atom is -0.494 e. The maximum absolute atomic E-state index is 11.5. The van der Waals surface area contributed by atoms with Gasteiger partial charge in [-0.05, 0) is 0 Å². The zero-order chi connectivity index (χ0) is 12.3. The monoisotopic (exact) mass is 231 g/mol. The van der Waals surface area contributed by atoms with Crippen LogP contribution in [-0.4, -0.2) is 25.2 Å². The number of hydrogen-bond donors (Lipinski definition) is 1. The molecule has 88 valence electrons. The smallest absolute Gasteiger partial charge is 0.343 e. The molecule has 0 spiro atoms. The Morgan fingerprint density at radius 3 is 2.47 bits per heavy atom. The van der Waals surface area contributed by atoms with Crippen molar-refractivity contribution in [1.82, 2.24) is 4.98 Å². The first kappa shape index (κ1) is 11.3. The fourth-order valence-electron chi connectivity index (χ4n) is 1.70. The van der Waals surface area contributed by atoms with E-state index in [-0.39, 0.29) is 0 Å². The van der Waals surface area contributed by atoms with Crippen molar-refractivity contribution in [1.29, 1.82) is 0 Å². The molecule has 0 bridgehead atoms. The van der Waals surface area contributed by atoms with Crippen LogP contribution in [0.15, 0.2) is 36.5 Å². The predicted octanol–water partition coefficient (Wildman–Crippen LogP) is 2.48. The maximum Gasteiger partial charge on any atom is 0.343 e.